The zero-order valence-electron chi connectivity index (χ0n) is 10.6. The number of aryl methyl sites for hydroxylation is 1. The Labute approximate surface area is 110 Å². The van der Waals surface area contributed by atoms with Crippen molar-refractivity contribution in [1.82, 2.24) is 9.55 Å². The van der Waals surface area contributed by atoms with E-state index < -0.39 is 0 Å². The van der Waals surface area contributed by atoms with Gasteiger partial charge in [-0.3, -0.25) is 4.79 Å². The van der Waals surface area contributed by atoms with Crippen LogP contribution in [0.15, 0.2) is 30.6 Å². The molecular formula is C14H14FN3O. The van der Waals surface area contributed by atoms with Crippen LogP contribution in [0.25, 0.3) is 11.4 Å². The first-order chi connectivity index (χ1) is 9.16. The quantitative estimate of drug-likeness (QED) is 0.830. The van der Waals surface area contributed by atoms with Crippen LogP contribution in [0.1, 0.15) is 12.8 Å². The second-order valence-electron chi connectivity index (χ2n) is 4.68. The number of amides is 1. The highest BCUT2D eigenvalue weighted by molar-refractivity contribution is 5.95. The van der Waals surface area contributed by atoms with E-state index in [9.17, 15) is 9.18 Å². The third kappa shape index (κ3) is 2.01. The number of hydrogen-bond acceptors (Lipinski definition) is 2. The maximum Gasteiger partial charge on any atom is 0.227 e. The molecule has 0 saturated carbocycles. The largest absolute Gasteiger partial charge is 0.334 e. The molecule has 2 heterocycles. The predicted molar refractivity (Wildman–Crippen MR) is 70.2 cm³/mol. The van der Waals surface area contributed by atoms with Crippen molar-refractivity contribution in [3.8, 4) is 11.4 Å². The van der Waals surface area contributed by atoms with Gasteiger partial charge in [-0.05, 0) is 24.6 Å². The van der Waals surface area contributed by atoms with Crippen LogP contribution < -0.4 is 4.90 Å². The van der Waals surface area contributed by atoms with Crippen LogP contribution in [-0.4, -0.2) is 22.0 Å². The van der Waals surface area contributed by atoms with Crippen LogP contribution in [-0.2, 0) is 11.8 Å². The monoisotopic (exact) mass is 259 g/mol. The molecule has 4 nitrogen and oxygen atoms in total. The molecule has 0 unspecified atom stereocenters. The topological polar surface area (TPSA) is 38.1 Å². The van der Waals surface area contributed by atoms with E-state index in [2.05, 4.69) is 4.98 Å². The number of carbonyl (C=O) groups excluding carboxylic acids is 1. The van der Waals surface area contributed by atoms with Crippen LogP contribution in [0.3, 0.4) is 0 Å². The van der Waals surface area contributed by atoms with Gasteiger partial charge in [0.2, 0.25) is 5.91 Å². The number of imidazole rings is 1. The van der Waals surface area contributed by atoms with Gasteiger partial charge in [0, 0.05) is 38.0 Å². The molecule has 1 aromatic heterocycles. The van der Waals surface area contributed by atoms with Crippen LogP contribution in [0.5, 0.6) is 0 Å². The molecule has 0 aliphatic carbocycles. The van der Waals surface area contributed by atoms with E-state index in [4.69, 9.17) is 0 Å². The van der Waals surface area contributed by atoms with Crippen LogP contribution in [0.4, 0.5) is 10.1 Å². The normalized spacial score (nSPS) is 15.3. The molecule has 19 heavy (non-hydrogen) atoms. The van der Waals surface area contributed by atoms with E-state index in [1.807, 2.05) is 17.8 Å². The molecule has 1 saturated heterocycles. The number of nitrogens with zero attached hydrogens (tertiary/aromatic N) is 3. The summed E-state index contributed by atoms with van der Waals surface area (Å²) in [5.41, 5.74) is 1.07. The molecule has 1 aliphatic heterocycles. The number of anilines is 1. The zero-order chi connectivity index (χ0) is 13.4. The lowest BCUT2D eigenvalue weighted by Gasteiger charge is -2.17. The summed E-state index contributed by atoms with van der Waals surface area (Å²) < 4.78 is 16.0. The van der Waals surface area contributed by atoms with Gasteiger partial charge in [0.05, 0.1) is 5.69 Å². The summed E-state index contributed by atoms with van der Waals surface area (Å²) in [7, 11) is 1.86. The van der Waals surface area contributed by atoms with E-state index in [0.717, 1.165) is 6.42 Å². The highest BCUT2D eigenvalue weighted by Gasteiger charge is 2.24. The average molecular weight is 259 g/mol. The molecule has 5 heteroatoms. The molecule has 0 radical (unpaired) electrons. The molecule has 0 N–H and O–H groups in total. The minimum Gasteiger partial charge on any atom is -0.334 e. The molecule has 1 aromatic carbocycles. The summed E-state index contributed by atoms with van der Waals surface area (Å²) >= 11 is 0. The van der Waals surface area contributed by atoms with E-state index >= 15 is 0 Å². The molecular weight excluding hydrogens is 245 g/mol. The summed E-state index contributed by atoms with van der Waals surface area (Å²) in [5.74, 6) is 0.317. The second-order valence-corrected chi connectivity index (χ2v) is 4.68. The average Bonchev–Trinajstić information content (AvgIpc) is 2.98. The van der Waals surface area contributed by atoms with Crippen molar-refractivity contribution in [3.05, 3.63) is 36.4 Å². The van der Waals surface area contributed by atoms with Gasteiger partial charge in [-0.1, -0.05) is 0 Å². The molecule has 1 aliphatic rings. The van der Waals surface area contributed by atoms with Gasteiger partial charge in [-0.25, -0.2) is 9.37 Å². The lowest BCUT2D eigenvalue weighted by Crippen LogP contribution is -2.24. The smallest absolute Gasteiger partial charge is 0.227 e. The van der Waals surface area contributed by atoms with Crippen molar-refractivity contribution < 1.29 is 9.18 Å². The first kappa shape index (κ1) is 11.9. The Morgan fingerprint density at radius 3 is 2.79 bits per heavy atom. The summed E-state index contributed by atoms with van der Waals surface area (Å²) in [6.45, 7) is 0.595. The Bertz CT molecular complexity index is 635. The lowest BCUT2D eigenvalue weighted by molar-refractivity contribution is -0.117. The van der Waals surface area contributed by atoms with Crippen LogP contribution in [0.2, 0.25) is 0 Å². The summed E-state index contributed by atoms with van der Waals surface area (Å²) in [6, 6.07) is 4.89. The molecule has 2 aromatic rings. The third-order valence-electron chi connectivity index (χ3n) is 3.39. The molecule has 1 fully saturated rings. The van der Waals surface area contributed by atoms with Gasteiger partial charge in [-0.15, -0.1) is 0 Å². The van der Waals surface area contributed by atoms with Crippen molar-refractivity contribution in [3.63, 3.8) is 0 Å². The molecule has 3 rings (SSSR count). The fraction of sp³-hybridized carbons (Fsp3) is 0.286. The summed E-state index contributed by atoms with van der Waals surface area (Å²) in [4.78, 5) is 17.3. The maximum atomic E-state index is 14.2. The Balaban J connectivity index is 1.98. The number of aromatic nitrogens is 2. The first-order valence-electron chi connectivity index (χ1n) is 6.24. The Morgan fingerprint density at radius 2 is 2.21 bits per heavy atom. The van der Waals surface area contributed by atoms with Crippen LogP contribution >= 0.6 is 0 Å². The fourth-order valence-electron chi connectivity index (χ4n) is 2.41. The predicted octanol–water partition coefficient (Wildman–Crippen LogP) is 2.35. The van der Waals surface area contributed by atoms with Crippen molar-refractivity contribution in [2.45, 2.75) is 12.8 Å². The van der Waals surface area contributed by atoms with Gasteiger partial charge >= 0.3 is 0 Å². The Morgan fingerprint density at radius 1 is 1.37 bits per heavy atom. The SMILES string of the molecule is Cn1ccnc1-c1ccc(N2CCCC2=O)c(F)c1. The first-order valence-corrected chi connectivity index (χ1v) is 6.24. The minimum absolute atomic E-state index is 0.0105. The lowest BCUT2D eigenvalue weighted by atomic mass is 10.1. The van der Waals surface area contributed by atoms with E-state index in [1.54, 1.807) is 18.3 Å². The van der Waals surface area contributed by atoms with Gasteiger partial charge in [0.15, 0.2) is 0 Å². The molecule has 0 spiro atoms. The van der Waals surface area contributed by atoms with Crippen molar-refractivity contribution in [1.29, 1.82) is 0 Å². The number of halogens is 1. The van der Waals surface area contributed by atoms with Crippen LogP contribution in [0, 0.1) is 5.82 Å². The fourth-order valence-corrected chi connectivity index (χ4v) is 2.41. The highest BCUT2D eigenvalue weighted by Crippen LogP contribution is 2.28. The number of rotatable bonds is 2. The maximum absolute atomic E-state index is 14.2. The second kappa shape index (κ2) is 4.50. The van der Waals surface area contributed by atoms with Gasteiger partial charge in [0.25, 0.3) is 0 Å². The summed E-state index contributed by atoms with van der Waals surface area (Å²) in [6.07, 6.45) is 4.77. The van der Waals surface area contributed by atoms with E-state index in [-0.39, 0.29) is 11.7 Å². The number of benzene rings is 1. The third-order valence-corrected chi connectivity index (χ3v) is 3.39. The van der Waals surface area contributed by atoms with Gasteiger partial charge < -0.3 is 9.47 Å². The Hall–Kier alpha value is -2.17. The van der Waals surface area contributed by atoms with Gasteiger partial charge in [0.1, 0.15) is 11.6 Å². The molecule has 98 valence electrons. The standard InChI is InChI=1S/C14H14FN3O/c1-17-8-6-16-14(17)10-4-5-12(11(15)9-10)18-7-2-3-13(18)19/h4-6,8-9H,2-3,7H2,1H3. The minimum atomic E-state index is -0.379. The zero-order valence-corrected chi connectivity index (χ0v) is 10.6. The van der Waals surface area contributed by atoms with Gasteiger partial charge in [-0.2, -0.15) is 0 Å². The summed E-state index contributed by atoms with van der Waals surface area (Å²) in [5, 5.41) is 0. The van der Waals surface area contributed by atoms with Crippen molar-refractivity contribution in [2.24, 2.45) is 7.05 Å². The van der Waals surface area contributed by atoms with Crippen molar-refractivity contribution >= 4 is 11.6 Å². The highest BCUT2D eigenvalue weighted by atomic mass is 19.1. The molecule has 0 bridgehead atoms. The number of hydrogen-bond donors (Lipinski definition) is 0. The molecule has 1 amide bonds. The Kier molecular flexibility index (Phi) is 2.81. The van der Waals surface area contributed by atoms with E-state index in [0.29, 0.717) is 30.0 Å². The number of carbonyl (C=O) groups is 1. The van der Waals surface area contributed by atoms with E-state index in [1.165, 1.54) is 11.0 Å². The van der Waals surface area contributed by atoms with Crippen molar-refractivity contribution in [2.75, 3.05) is 11.4 Å². The molecule has 0 atom stereocenters.